The maximum Gasteiger partial charge on any atom is 0.337 e. The Bertz CT molecular complexity index is 1550. The van der Waals surface area contributed by atoms with Crippen molar-refractivity contribution in [3.05, 3.63) is 34.6 Å². The molecule has 2 bridgehead atoms. The molecular formula is C39H55NO13. The van der Waals surface area contributed by atoms with Gasteiger partial charge in [0.1, 0.15) is 31.0 Å². The highest BCUT2D eigenvalue weighted by molar-refractivity contribution is 5.89. The molecule has 14 heteroatoms. The van der Waals surface area contributed by atoms with E-state index in [-0.39, 0.29) is 41.5 Å². The van der Waals surface area contributed by atoms with Crippen molar-refractivity contribution in [2.45, 2.75) is 107 Å². The van der Waals surface area contributed by atoms with E-state index in [0.29, 0.717) is 43.8 Å². The van der Waals surface area contributed by atoms with Gasteiger partial charge in [0, 0.05) is 36.3 Å². The number of carbonyl (C=O) groups is 2. The van der Waals surface area contributed by atoms with Crippen molar-refractivity contribution < 1.29 is 63.5 Å². The van der Waals surface area contributed by atoms with Gasteiger partial charge in [0.2, 0.25) is 6.29 Å². The molecule has 4 aliphatic heterocycles. The topological polar surface area (TPSA) is 194 Å². The van der Waals surface area contributed by atoms with E-state index in [2.05, 4.69) is 11.9 Å². The van der Waals surface area contributed by atoms with Crippen molar-refractivity contribution in [2.75, 3.05) is 47.1 Å². The zero-order valence-electron chi connectivity index (χ0n) is 30.9. The maximum atomic E-state index is 14.2. The summed E-state index contributed by atoms with van der Waals surface area (Å²) in [6, 6.07) is 0. The van der Waals surface area contributed by atoms with Crippen molar-refractivity contribution in [1.29, 1.82) is 0 Å². The molecule has 53 heavy (non-hydrogen) atoms. The second kappa shape index (κ2) is 14.0. The minimum absolute atomic E-state index is 0.0341. The summed E-state index contributed by atoms with van der Waals surface area (Å²) >= 11 is 0. The molecule has 1 saturated carbocycles. The van der Waals surface area contributed by atoms with Crippen LogP contribution in [0, 0.1) is 40.4 Å². The molecule has 14 atom stereocenters. The lowest BCUT2D eigenvalue weighted by molar-refractivity contribution is -0.340. The summed E-state index contributed by atoms with van der Waals surface area (Å²) in [5.41, 5.74) is 3.29. The Morgan fingerprint density at radius 2 is 1.85 bits per heavy atom. The van der Waals surface area contributed by atoms with Crippen LogP contribution in [0.15, 0.2) is 34.6 Å². The van der Waals surface area contributed by atoms with E-state index in [1.807, 2.05) is 6.92 Å². The molecule has 0 aromatic carbocycles. The lowest BCUT2D eigenvalue weighted by atomic mass is 9.50. The van der Waals surface area contributed by atoms with Crippen LogP contribution >= 0.6 is 0 Å². The molecule has 0 aromatic heterocycles. The number of nitrogens with zero attached hydrogens (tertiary/aromatic N) is 1. The van der Waals surface area contributed by atoms with Gasteiger partial charge in [-0.3, -0.25) is 4.79 Å². The second-order valence-electron chi connectivity index (χ2n) is 16.9. The third-order valence-electron chi connectivity index (χ3n) is 14.5. The monoisotopic (exact) mass is 745 g/mol. The predicted octanol–water partition coefficient (Wildman–Crippen LogP) is 1.29. The first-order valence-corrected chi connectivity index (χ1v) is 19.4. The van der Waals surface area contributed by atoms with Crippen LogP contribution in [0.5, 0.6) is 0 Å². The van der Waals surface area contributed by atoms with Gasteiger partial charge in [0.05, 0.1) is 44.0 Å². The quantitative estimate of drug-likeness (QED) is 0.176. The Balaban J connectivity index is 0.990. The first-order valence-electron chi connectivity index (χ1n) is 19.4. The highest BCUT2D eigenvalue weighted by atomic mass is 16.8. The molecule has 0 amide bonds. The molecule has 4 aliphatic carbocycles. The molecule has 0 unspecified atom stereocenters. The van der Waals surface area contributed by atoms with E-state index in [1.165, 1.54) is 24.5 Å². The minimum Gasteiger partial charge on any atom is -0.471 e. The molecule has 2 spiro atoms. The van der Waals surface area contributed by atoms with Crippen LogP contribution in [0.25, 0.3) is 0 Å². The van der Waals surface area contributed by atoms with Gasteiger partial charge in [0.25, 0.3) is 0 Å². The van der Waals surface area contributed by atoms with Crippen LogP contribution < -0.4 is 0 Å². The van der Waals surface area contributed by atoms with Crippen molar-refractivity contribution >= 4 is 11.9 Å². The van der Waals surface area contributed by atoms with Crippen LogP contribution in [0.3, 0.4) is 0 Å². The highest BCUT2D eigenvalue weighted by Gasteiger charge is 2.69. The van der Waals surface area contributed by atoms with Gasteiger partial charge in [-0.2, -0.15) is 0 Å². The lowest BCUT2D eigenvalue weighted by Gasteiger charge is -2.61. The number of likely N-dealkylation sites (tertiary alicyclic amines) is 1. The number of ether oxygens (including phenoxy) is 6. The number of hydrogen-bond donors (Lipinski definition) is 5. The molecule has 3 saturated heterocycles. The average Bonchev–Trinajstić information content (AvgIpc) is 3.87. The number of aliphatic hydroxyl groups is 5. The van der Waals surface area contributed by atoms with Crippen LogP contribution in [0.2, 0.25) is 0 Å². The third kappa shape index (κ3) is 5.85. The summed E-state index contributed by atoms with van der Waals surface area (Å²) < 4.78 is 35.1. The van der Waals surface area contributed by atoms with Gasteiger partial charge in [-0.05, 0) is 75.8 Å². The molecular weight excluding hydrogens is 690 g/mol. The first kappa shape index (κ1) is 37.5. The number of carbonyl (C=O) groups excluding carboxylic acids is 2. The summed E-state index contributed by atoms with van der Waals surface area (Å²) in [5, 5.41) is 53.9. The van der Waals surface area contributed by atoms with Crippen LogP contribution in [0.1, 0.15) is 64.7 Å². The highest BCUT2D eigenvalue weighted by Crippen LogP contribution is 2.72. The van der Waals surface area contributed by atoms with Gasteiger partial charge in [-0.1, -0.05) is 24.1 Å². The van der Waals surface area contributed by atoms with E-state index >= 15 is 0 Å². The zero-order chi connectivity index (χ0) is 37.4. The Kier molecular flexibility index (Phi) is 9.88. The number of methoxy groups -OCH3 is 1. The maximum absolute atomic E-state index is 14.2. The van der Waals surface area contributed by atoms with Crippen molar-refractivity contribution in [3.8, 4) is 0 Å². The van der Waals surface area contributed by atoms with Crippen molar-refractivity contribution in [2.24, 2.45) is 40.4 Å². The van der Waals surface area contributed by atoms with Crippen LogP contribution in [-0.2, 0) is 38.0 Å². The Hall–Kier alpha value is -2.40. The molecule has 5 N–H and O–H groups in total. The van der Waals surface area contributed by atoms with E-state index in [4.69, 9.17) is 28.4 Å². The number of hydrogen-bond acceptors (Lipinski definition) is 14. The Morgan fingerprint density at radius 1 is 1.06 bits per heavy atom. The summed E-state index contributed by atoms with van der Waals surface area (Å²) in [7, 11) is 3.43. The van der Waals surface area contributed by atoms with Crippen molar-refractivity contribution in [3.63, 3.8) is 0 Å². The molecule has 14 nitrogen and oxygen atoms in total. The standard InChI is InChI=1S/C39H55NO13/c1-4-39(47)12-11-37(19-51-39)22-8-5-20-6-10-24-25(13-38(37,29(20)24)18-40(2)14-22)34(46)49-17-27-30(42)31(43)32(44)36(52-27)53-35-28-21(15-41)7-9-23(28)26(16-50-35)33(45)48-3/h7,16,22-25,27-28,30-32,35-36,41-44,47H,4-6,8-15,17-19H2,1-3H3/t22-,23-,24-,25-,27-,28-,30-,31+,32-,35+,36+,37-,38-,39+/m1/s1. The minimum atomic E-state index is -1.68. The molecule has 4 fully saturated rings. The molecule has 294 valence electrons. The normalized spacial score (nSPS) is 46.2. The van der Waals surface area contributed by atoms with Gasteiger partial charge in [-0.15, -0.1) is 0 Å². The lowest BCUT2D eigenvalue weighted by Crippen LogP contribution is -2.64. The number of fused-ring (bicyclic) bond motifs is 1. The number of esters is 2. The zero-order valence-corrected chi connectivity index (χ0v) is 30.9. The number of piperidine rings is 1. The first-order chi connectivity index (χ1) is 25.4. The summed E-state index contributed by atoms with van der Waals surface area (Å²) in [6.07, 6.45) is 1.21. The Morgan fingerprint density at radius 3 is 2.57 bits per heavy atom. The fraction of sp³-hybridized carbons (Fsp3) is 0.795. The Labute approximate surface area is 309 Å². The van der Waals surface area contributed by atoms with Gasteiger partial charge < -0.3 is 58.9 Å². The average molecular weight is 746 g/mol. The molecule has 4 heterocycles. The van der Waals surface area contributed by atoms with Crippen molar-refractivity contribution in [1.82, 2.24) is 4.90 Å². The third-order valence-corrected chi connectivity index (χ3v) is 14.5. The summed E-state index contributed by atoms with van der Waals surface area (Å²) in [5.74, 6) is -3.08. The fourth-order valence-electron chi connectivity index (χ4n) is 11.9. The summed E-state index contributed by atoms with van der Waals surface area (Å²) in [6.45, 7) is 3.51. The van der Waals surface area contributed by atoms with E-state index in [9.17, 15) is 35.1 Å². The number of aliphatic hydroxyl groups excluding tert-OH is 4. The number of allylic oxidation sites excluding steroid dienone is 2. The van der Waals surface area contributed by atoms with Gasteiger partial charge in [0.15, 0.2) is 12.1 Å². The fourth-order valence-corrected chi connectivity index (χ4v) is 11.9. The largest absolute Gasteiger partial charge is 0.471 e. The molecule has 8 aliphatic rings. The van der Waals surface area contributed by atoms with Gasteiger partial charge >= 0.3 is 11.9 Å². The predicted molar refractivity (Wildman–Crippen MR) is 184 cm³/mol. The van der Waals surface area contributed by atoms with E-state index in [0.717, 1.165) is 45.2 Å². The number of rotatable bonds is 8. The summed E-state index contributed by atoms with van der Waals surface area (Å²) in [4.78, 5) is 29.0. The molecule has 8 rings (SSSR count). The molecule has 0 aromatic rings. The smallest absolute Gasteiger partial charge is 0.337 e. The van der Waals surface area contributed by atoms with E-state index in [1.54, 1.807) is 6.08 Å². The van der Waals surface area contributed by atoms with Crippen LogP contribution in [-0.4, -0.2) is 132 Å². The van der Waals surface area contributed by atoms with E-state index < -0.39 is 66.5 Å². The van der Waals surface area contributed by atoms with Gasteiger partial charge in [-0.25, -0.2) is 4.79 Å². The molecule has 0 radical (unpaired) electrons. The SMILES string of the molecule is CC[C@@]1(O)CC[C@@]2(CO1)[C@@H]1CCC3=C4[C@H](CC3)[C@H](C(=O)OC[C@H]3O[C@@H](O[C@@H]5OC=C(C(=O)OC)[C@H]6CC=C(CO)[C@@H]56)[C@H](O)[C@@H](O)[C@@H]3O)C[C@@]42CN(C)C1. The van der Waals surface area contributed by atoms with Crippen LogP contribution in [0.4, 0.5) is 0 Å². The second-order valence-corrected chi connectivity index (χ2v) is 16.9.